The average Bonchev–Trinajstić information content (AvgIpc) is 3.92. The van der Waals surface area contributed by atoms with E-state index in [2.05, 4.69) is 228 Å². The minimum Gasteiger partial charge on any atom is -0.310 e. The summed E-state index contributed by atoms with van der Waals surface area (Å²) in [6.07, 6.45) is 4.98. The van der Waals surface area contributed by atoms with Crippen molar-refractivity contribution in [3.63, 3.8) is 0 Å². The van der Waals surface area contributed by atoms with Crippen LogP contribution in [0.25, 0.3) is 44.2 Å². The van der Waals surface area contributed by atoms with Gasteiger partial charge in [-0.3, -0.25) is 0 Å². The summed E-state index contributed by atoms with van der Waals surface area (Å²) < 4.78 is 0. The van der Waals surface area contributed by atoms with Crippen LogP contribution in [0.4, 0.5) is 34.1 Å². The second-order valence-corrected chi connectivity index (χ2v) is 16.1. The summed E-state index contributed by atoms with van der Waals surface area (Å²) >= 11 is 0. The van der Waals surface area contributed by atoms with E-state index < -0.39 is 0 Å². The molecule has 0 unspecified atom stereocenters. The zero-order valence-electron chi connectivity index (χ0n) is 33.0. The van der Waals surface area contributed by atoms with Gasteiger partial charge in [-0.1, -0.05) is 165 Å². The van der Waals surface area contributed by atoms with Gasteiger partial charge in [0.2, 0.25) is 0 Å². The van der Waals surface area contributed by atoms with Crippen LogP contribution in [-0.2, 0) is 5.41 Å². The normalized spacial score (nSPS) is 13.6. The molecular weight excluding hydrogens is 713 g/mol. The van der Waals surface area contributed by atoms with E-state index in [4.69, 9.17) is 0 Å². The van der Waals surface area contributed by atoms with Gasteiger partial charge in [-0.25, -0.2) is 0 Å². The molecule has 2 nitrogen and oxygen atoms in total. The Kier molecular flexibility index (Phi) is 8.70. The van der Waals surface area contributed by atoms with E-state index in [9.17, 15) is 0 Å². The molecule has 0 radical (unpaired) electrons. The smallest absolute Gasteiger partial charge is 0.0540 e. The van der Waals surface area contributed by atoms with Crippen LogP contribution in [0.1, 0.15) is 36.8 Å². The molecule has 0 aliphatic heterocycles. The number of fused-ring (bicyclic) bond motifs is 6. The van der Waals surface area contributed by atoms with E-state index in [-0.39, 0.29) is 5.41 Å². The maximum Gasteiger partial charge on any atom is 0.0540 e. The number of benzene rings is 9. The van der Waals surface area contributed by atoms with Crippen molar-refractivity contribution in [2.75, 3.05) is 9.80 Å². The number of rotatable bonds is 8. The van der Waals surface area contributed by atoms with Crippen molar-refractivity contribution in [3.8, 4) is 33.4 Å². The van der Waals surface area contributed by atoms with Crippen molar-refractivity contribution < 1.29 is 0 Å². The minimum atomic E-state index is 0.102. The number of nitrogens with zero attached hydrogens (tertiary/aromatic N) is 2. The molecule has 1 spiro atoms. The fourth-order valence-corrected chi connectivity index (χ4v) is 9.99. The fourth-order valence-electron chi connectivity index (χ4n) is 9.99. The molecule has 11 rings (SSSR count). The number of hydrogen-bond donors (Lipinski definition) is 0. The molecule has 0 aromatic heterocycles. The van der Waals surface area contributed by atoms with Gasteiger partial charge in [0.1, 0.15) is 0 Å². The number of hydrogen-bond acceptors (Lipinski definition) is 2. The quantitative estimate of drug-likeness (QED) is 0.152. The van der Waals surface area contributed by atoms with Crippen molar-refractivity contribution in [3.05, 3.63) is 230 Å². The van der Waals surface area contributed by atoms with Gasteiger partial charge < -0.3 is 9.80 Å². The van der Waals surface area contributed by atoms with Crippen molar-refractivity contribution >= 4 is 44.9 Å². The van der Waals surface area contributed by atoms with Gasteiger partial charge in [0, 0.05) is 39.2 Å². The topological polar surface area (TPSA) is 6.48 Å². The first-order valence-corrected chi connectivity index (χ1v) is 21.0. The van der Waals surface area contributed by atoms with Crippen LogP contribution >= 0.6 is 0 Å². The van der Waals surface area contributed by atoms with Gasteiger partial charge >= 0.3 is 0 Å². The third-order valence-corrected chi connectivity index (χ3v) is 12.8. The van der Waals surface area contributed by atoms with Crippen LogP contribution in [0.5, 0.6) is 0 Å². The van der Waals surface area contributed by atoms with Crippen LogP contribution in [0, 0.1) is 0 Å². The van der Waals surface area contributed by atoms with Gasteiger partial charge in [0.15, 0.2) is 0 Å². The van der Waals surface area contributed by atoms with Crippen LogP contribution in [-0.4, -0.2) is 0 Å². The summed E-state index contributed by atoms with van der Waals surface area (Å²) in [4.78, 5) is 4.80. The van der Waals surface area contributed by atoms with E-state index in [1.807, 2.05) is 0 Å². The Balaban J connectivity index is 0.964. The van der Waals surface area contributed by atoms with E-state index in [1.165, 1.54) is 86.7 Å². The third kappa shape index (κ3) is 6.11. The van der Waals surface area contributed by atoms with E-state index in [0.717, 1.165) is 28.4 Å². The third-order valence-electron chi connectivity index (χ3n) is 12.8. The molecule has 0 atom stereocenters. The molecule has 0 bridgehead atoms. The van der Waals surface area contributed by atoms with Gasteiger partial charge in [0.25, 0.3) is 0 Å². The van der Waals surface area contributed by atoms with Gasteiger partial charge in [-0.2, -0.15) is 0 Å². The van der Waals surface area contributed by atoms with Crippen molar-refractivity contribution in [2.45, 2.75) is 31.1 Å². The Hall–Kier alpha value is -7.16. The molecule has 2 aliphatic carbocycles. The fraction of sp³-hybridized carbons (Fsp3) is 0.0877. The highest BCUT2D eigenvalue weighted by Crippen LogP contribution is 2.58. The SMILES string of the molecule is c1ccc(-c2ccc(N(c3ccc(-c4ccc(N(c5ccccc5)c5cccc6ccccc56)cc4)cc3)c3ccc4c(c3)C3(CCCC3)c3ccccc3-4)cc2)cc1. The summed E-state index contributed by atoms with van der Waals surface area (Å²) in [5.74, 6) is 0. The molecule has 2 aliphatic rings. The lowest BCUT2D eigenvalue weighted by atomic mass is 9.76. The largest absolute Gasteiger partial charge is 0.310 e. The maximum atomic E-state index is 2.51. The summed E-state index contributed by atoms with van der Waals surface area (Å²) in [6.45, 7) is 0. The first-order chi connectivity index (χ1) is 29.2. The highest BCUT2D eigenvalue weighted by Gasteiger charge is 2.45. The molecule has 0 N–H and O–H groups in total. The predicted octanol–water partition coefficient (Wildman–Crippen LogP) is 16.0. The van der Waals surface area contributed by atoms with Gasteiger partial charge in [0.05, 0.1) is 5.69 Å². The summed E-state index contributed by atoms with van der Waals surface area (Å²) in [5, 5.41) is 2.45. The van der Waals surface area contributed by atoms with E-state index in [0.29, 0.717) is 0 Å². The average molecular weight is 757 g/mol. The highest BCUT2D eigenvalue weighted by atomic mass is 15.1. The van der Waals surface area contributed by atoms with Crippen molar-refractivity contribution in [1.82, 2.24) is 0 Å². The van der Waals surface area contributed by atoms with Gasteiger partial charge in [-0.05, 0) is 129 Å². The Morgan fingerprint density at radius 3 is 1.46 bits per heavy atom. The van der Waals surface area contributed by atoms with Gasteiger partial charge in [-0.15, -0.1) is 0 Å². The van der Waals surface area contributed by atoms with Crippen molar-refractivity contribution in [2.24, 2.45) is 0 Å². The summed E-state index contributed by atoms with van der Waals surface area (Å²) in [7, 11) is 0. The standard InChI is InChI=1S/C57H44N2/c1-3-14-41(15-4-1)42-24-30-47(31-25-42)58(50-36-37-53-52-21-9-10-22-54(52)57(55(53)40-50)38-11-12-39-57)48-32-26-43(27-33-48)44-28-34-49(35-29-44)59(46-18-5-2-6-19-46)56-23-13-17-45-16-7-8-20-51(45)56/h1-10,13-37,40H,11-12,38-39H2. The predicted molar refractivity (Wildman–Crippen MR) is 249 cm³/mol. The molecular formula is C57H44N2. The first-order valence-electron chi connectivity index (χ1n) is 21.0. The molecule has 59 heavy (non-hydrogen) atoms. The number of anilines is 6. The molecule has 0 amide bonds. The van der Waals surface area contributed by atoms with Crippen molar-refractivity contribution in [1.29, 1.82) is 0 Å². The Bertz CT molecular complexity index is 2900. The summed E-state index contributed by atoms with van der Waals surface area (Å²) in [6, 6.07) is 80.1. The highest BCUT2D eigenvalue weighted by molar-refractivity contribution is 5.99. The molecule has 9 aromatic rings. The second kappa shape index (κ2) is 14.7. The van der Waals surface area contributed by atoms with E-state index >= 15 is 0 Å². The lowest BCUT2D eigenvalue weighted by Crippen LogP contribution is -2.21. The molecule has 2 heteroatoms. The summed E-state index contributed by atoms with van der Waals surface area (Å²) in [5.41, 5.74) is 17.6. The van der Waals surface area contributed by atoms with E-state index in [1.54, 1.807) is 0 Å². The maximum absolute atomic E-state index is 2.51. The zero-order valence-corrected chi connectivity index (χ0v) is 33.0. The van der Waals surface area contributed by atoms with Crippen LogP contribution < -0.4 is 9.80 Å². The second-order valence-electron chi connectivity index (χ2n) is 16.1. The molecule has 0 saturated heterocycles. The molecule has 0 heterocycles. The lowest BCUT2D eigenvalue weighted by Gasteiger charge is -2.30. The first kappa shape index (κ1) is 35.0. The Morgan fingerprint density at radius 1 is 0.322 bits per heavy atom. The van der Waals surface area contributed by atoms with Crippen LogP contribution in [0.2, 0.25) is 0 Å². The Labute approximate surface area is 347 Å². The van der Waals surface area contributed by atoms with Crippen LogP contribution in [0.15, 0.2) is 218 Å². The molecule has 9 aromatic carbocycles. The van der Waals surface area contributed by atoms with Crippen LogP contribution in [0.3, 0.4) is 0 Å². The minimum absolute atomic E-state index is 0.102. The zero-order chi connectivity index (χ0) is 39.2. The molecule has 1 fully saturated rings. The monoisotopic (exact) mass is 756 g/mol. The lowest BCUT2D eigenvalue weighted by molar-refractivity contribution is 0.550. The number of para-hydroxylation sites is 1. The molecule has 282 valence electrons. The molecule has 1 saturated carbocycles. The Morgan fingerprint density at radius 2 is 0.797 bits per heavy atom.